The molecule has 0 aromatic carbocycles. The van der Waals surface area contributed by atoms with E-state index in [1.807, 2.05) is 7.05 Å². The number of aliphatic imine (C=N–C) groups is 1. The van der Waals surface area contributed by atoms with Crippen LogP contribution >= 0.6 is 35.7 Å². The van der Waals surface area contributed by atoms with Gasteiger partial charge < -0.3 is 10.2 Å². The van der Waals surface area contributed by atoms with Crippen molar-refractivity contribution in [3.8, 4) is 0 Å². The van der Waals surface area contributed by atoms with Crippen molar-refractivity contribution in [3.05, 3.63) is 0 Å². The molecule has 1 saturated carbocycles. The Hall–Kier alpha value is 0.310. The molecule has 124 valence electrons. The van der Waals surface area contributed by atoms with Gasteiger partial charge in [0.05, 0.1) is 0 Å². The van der Waals surface area contributed by atoms with Crippen molar-refractivity contribution in [1.29, 1.82) is 0 Å². The Morgan fingerprint density at radius 1 is 1.43 bits per heavy atom. The highest BCUT2D eigenvalue weighted by Gasteiger charge is 2.29. The van der Waals surface area contributed by atoms with Gasteiger partial charge in [-0.1, -0.05) is 6.92 Å². The van der Waals surface area contributed by atoms with Gasteiger partial charge in [-0.25, -0.2) is 0 Å². The average Bonchev–Trinajstić information content (AvgIpc) is 3.22. The van der Waals surface area contributed by atoms with E-state index in [9.17, 15) is 0 Å². The Bertz CT molecular complexity index is 345. The monoisotopic (exact) mass is 426 g/mol. The number of nitrogens with zero attached hydrogens (tertiary/aromatic N) is 3. The van der Waals surface area contributed by atoms with Crippen LogP contribution in [-0.2, 0) is 0 Å². The van der Waals surface area contributed by atoms with Gasteiger partial charge in [-0.2, -0.15) is 11.8 Å². The molecule has 6 heteroatoms. The second kappa shape index (κ2) is 8.82. The molecule has 0 radical (unpaired) electrons. The predicted octanol–water partition coefficient (Wildman–Crippen LogP) is 2.49. The summed E-state index contributed by atoms with van der Waals surface area (Å²) in [4.78, 5) is 9.45. The van der Waals surface area contributed by atoms with Gasteiger partial charge in [-0.05, 0) is 33.2 Å². The number of hydrogen-bond acceptors (Lipinski definition) is 3. The molecule has 1 aliphatic heterocycles. The van der Waals surface area contributed by atoms with Gasteiger partial charge in [-0.3, -0.25) is 9.89 Å². The second-order valence-corrected chi connectivity index (χ2v) is 8.17. The zero-order valence-corrected chi connectivity index (χ0v) is 17.0. The largest absolute Gasteiger partial charge is 0.355 e. The van der Waals surface area contributed by atoms with E-state index in [4.69, 9.17) is 0 Å². The Morgan fingerprint density at radius 3 is 2.67 bits per heavy atom. The minimum absolute atomic E-state index is 0. The van der Waals surface area contributed by atoms with E-state index in [0.29, 0.717) is 4.75 Å². The molecule has 1 heterocycles. The van der Waals surface area contributed by atoms with Gasteiger partial charge in [0, 0.05) is 49.8 Å². The fourth-order valence-corrected chi connectivity index (χ4v) is 3.99. The zero-order chi connectivity index (χ0) is 14.6. The van der Waals surface area contributed by atoms with Crippen LogP contribution in [0.25, 0.3) is 0 Å². The van der Waals surface area contributed by atoms with Crippen LogP contribution in [0.2, 0.25) is 0 Å². The summed E-state index contributed by atoms with van der Waals surface area (Å²) in [5.74, 6) is 2.27. The minimum atomic E-state index is 0. The highest BCUT2D eigenvalue weighted by Crippen LogP contribution is 2.29. The standard InChI is InChI=1S/C15H30N4S.HI/c1-5-18(13-6-7-13)9-8-17-14(16-4)19-10-11-20-15(2,3)12-19;/h13H,5-12H2,1-4H3,(H,16,17);1H. The molecule has 0 unspecified atom stereocenters. The van der Waals surface area contributed by atoms with E-state index in [1.54, 1.807) is 0 Å². The zero-order valence-electron chi connectivity index (χ0n) is 13.9. The van der Waals surface area contributed by atoms with E-state index in [1.165, 1.54) is 25.1 Å². The first kappa shape index (κ1) is 19.4. The molecule has 0 bridgehead atoms. The second-order valence-electron chi connectivity index (χ2n) is 6.36. The van der Waals surface area contributed by atoms with Crippen molar-refractivity contribution in [2.75, 3.05) is 45.5 Å². The Balaban J connectivity index is 0.00000220. The summed E-state index contributed by atoms with van der Waals surface area (Å²) in [7, 11) is 1.90. The van der Waals surface area contributed by atoms with Gasteiger partial charge in [-0.15, -0.1) is 24.0 Å². The summed E-state index contributed by atoms with van der Waals surface area (Å²) < 4.78 is 0.333. The summed E-state index contributed by atoms with van der Waals surface area (Å²) in [6.07, 6.45) is 2.78. The van der Waals surface area contributed by atoms with E-state index in [0.717, 1.165) is 38.2 Å². The Morgan fingerprint density at radius 2 is 2.14 bits per heavy atom. The number of halogens is 1. The number of thioether (sulfide) groups is 1. The van der Waals surface area contributed by atoms with Gasteiger partial charge in [0.1, 0.15) is 0 Å². The summed E-state index contributed by atoms with van der Waals surface area (Å²) in [5, 5.41) is 3.55. The van der Waals surface area contributed by atoms with Crippen LogP contribution in [0.4, 0.5) is 0 Å². The molecule has 2 fully saturated rings. The van der Waals surface area contributed by atoms with Gasteiger partial charge >= 0.3 is 0 Å². The third-order valence-corrected chi connectivity index (χ3v) is 5.39. The average molecular weight is 426 g/mol. The normalized spacial score (nSPS) is 22.1. The molecule has 21 heavy (non-hydrogen) atoms. The Labute approximate surface area is 151 Å². The summed E-state index contributed by atoms with van der Waals surface area (Å²) in [5.41, 5.74) is 0. The molecule has 1 aliphatic carbocycles. The number of nitrogens with one attached hydrogen (secondary N) is 1. The van der Waals surface area contributed by atoms with Crippen LogP contribution in [0.15, 0.2) is 4.99 Å². The van der Waals surface area contributed by atoms with Gasteiger partial charge in [0.15, 0.2) is 5.96 Å². The van der Waals surface area contributed by atoms with E-state index >= 15 is 0 Å². The molecule has 1 N–H and O–H groups in total. The maximum Gasteiger partial charge on any atom is 0.193 e. The first-order chi connectivity index (χ1) is 9.55. The van der Waals surface area contributed by atoms with Crippen molar-refractivity contribution >= 4 is 41.7 Å². The third kappa shape index (κ3) is 6.14. The lowest BCUT2D eigenvalue weighted by molar-refractivity contribution is 0.279. The summed E-state index contributed by atoms with van der Waals surface area (Å²) in [6.45, 7) is 12.4. The molecule has 0 amide bonds. The van der Waals surface area contributed by atoms with Crippen LogP contribution in [0.5, 0.6) is 0 Å². The van der Waals surface area contributed by atoms with E-state index in [-0.39, 0.29) is 24.0 Å². The van der Waals surface area contributed by atoms with Crippen molar-refractivity contribution in [1.82, 2.24) is 15.1 Å². The van der Waals surface area contributed by atoms with E-state index < -0.39 is 0 Å². The van der Waals surface area contributed by atoms with Crippen LogP contribution in [0.1, 0.15) is 33.6 Å². The fraction of sp³-hybridized carbons (Fsp3) is 0.933. The lowest BCUT2D eigenvalue weighted by atomic mass is 10.2. The third-order valence-electron chi connectivity index (χ3n) is 4.09. The quantitative estimate of drug-likeness (QED) is 0.416. The van der Waals surface area contributed by atoms with Gasteiger partial charge in [0.25, 0.3) is 0 Å². The van der Waals surface area contributed by atoms with Crippen LogP contribution in [0, 0.1) is 0 Å². The molecule has 4 nitrogen and oxygen atoms in total. The smallest absolute Gasteiger partial charge is 0.193 e. The molecular weight excluding hydrogens is 395 g/mol. The van der Waals surface area contributed by atoms with Crippen molar-refractivity contribution in [2.24, 2.45) is 4.99 Å². The van der Waals surface area contributed by atoms with Crippen molar-refractivity contribution in [2.45, 2.75) is 44.4 Å². The lowest BCUT2D eigenvalue weighted by Gasteiger charge is -2.39. The molecular formula is C15H31IN4S. The number of hydrogen-bond donors (Lipinski definition) is 1. The summed E-state index contributed by atoms with van der Waals surface area (Å²) in [6, 6.07) is 0.856. The molecule has 0 aromatic heterocycles. The predicted molar refractivity (Wildman–Crippen MR) is 105 cm³/mol. The fourth-order valence-electron chi connectivity index (χ4n) is 2.88. The summed E-state index contributed by atoms with van der Waals surface area (Å²) >= 11 is 2.06. The van der Waals surface area contributed by atoms with Crippen molar-refractivity contribution < 1.29 is 0 Å². The Kier molecular flexibility index (Phi) is 8.13. The van der Waals surface area contributed by atoms with Crippen LogP contribution in [0.3, 0.4) is 0 Å². The molecule has 0 aromatic rings. The topological polar surface area (TPSA) is 30.9 Å². The highest BCUT2D eigenvalue weighted by molar-refractivity contribution is 14.0. The first-order valence-corrected chi connectivity index (χ1v) is 8.88. The van der Waals surface area contributed by atoms with Crippen molar-refractivity contribution in [3.63, 3.8) is 0 Å². The number of rotatable bonds is 5. The molecule has 0 atom stereocenters. The SMILES string of the molecule is CCN(CCNC(=NC)N1CCSC(C)(C)C1)C1CC1.I. The first-order valence-electron chi connectivity index (χ1n) is 7.89. The van der Waals surface area contributed by atoms with E-state index in [2.05, 4.69) is 52.6 Å². The number of guanidine groups is 1. The van der Waals surface area contributed by atoms with Gasteiger partial charge in [0.2, 0.25) is 0 Å². The molecule has 2 rings (SSSR count). The minimum Gasteiger partial charge on any atom is -0.355 e. The molecule has 0 spiro atoms. The van der Waals surface area contributed by atoms with Crippen LogP contribution < -0.4 is 5.32 Å². The highest BCUT2D eigenvalue weighted by atomic mass is 127. The lowest BCUT2D eigenvalue weighted by Crippen LogP contribution is -2.52. The van der Waals surface area contributed by atoms with Crippen LogP contribution in [-0.4, -0.2) is 72.1 Å². The number of likely N-dealkylation sites (N-methyl/N-ethyl adjacent to an activating group) is 1. The molecule has 2 aliphatic rings. The molecule has 1 saturated heterocycles. The maximum absolute atomic E-state index is 4.46. The maximum atomic E-state index is 4.46.